The van der Waals surface area contributed by atoms with Crippen LogP contribution >= 0.6 is 0 Å². The summed E-state index contributed by atoms with van der Waals surface area (Å²) in [6.07, 6.45) is -2.64. The van der Waals surface area contributed by atoms with Crippen molar-refractivity contribution in [1.82, 2.24) is 9.88 Å². The molecule has 0 radical (unpaired) electrons. The third-order valence-corrected chi connectivity index (χ3v) is 5.57. The summed E-state index contributed by atoms with van der Waals surface area (Å²) in [5.41, 5.74) is 2.28. The molecule has 0 saturated carbocycles. The van der Waals surface area contributed by atoms with Crippen LogP contribution in [-0.2, 0) is 11.3 Å². The summed E-state index contributed by atoms with van der Waals surface area (Å²) in [7, 11) is 0. The molecular formula is C20H20F3N3O2. The molecule has 1 saturated heterocycles. The molecule has 3 atom stereocenters. The number of nitrogens with zero attached hydrogens (tertiary/aromatic N) is 3. The molecule has 2 aliphatic heterocycles. The highest BCUT2D eigenvalue weighted by Gasteiger charge is 2.53. The van der Waals surface area contributed by atoms with E-state index < -0.39 is 18.5 Å². The van der Waals surface area contributed by atoms with Crippen molar-refractivity contribution >= 4 is 11.6 Å². The predicted molar refractivity (Wildman–Crippen MR) is 96.6 cm³/mol. The number of carbonyl (C=O) groups excluding carboxylic acids is 1. The van der Waals surface area contributed by atoms with Gasteiger partial charge >= 0.3 is 6.18 Å². The molecule has 5 nitrogen and oxygen atoms in total. The first kappa shape index (κ1) is 18.9. The number of alkyl halides is 3. The third-order valence-electron chi connectivity index (χ3n) is 5.57. The van der Waals surface area contributed by atoms with Gasteiger partial charge in [0.15, 0.2) is 0 Å². The summed E-state index contributed by atoms with van der Waals surface area (Å²) < 4.78 is 38.4. The smallest absolute Gasteiger partial charge is 0.395 e. The van der Waals surface area contributed by atoms with Crippen molar-refractivity contribution in [2.75, 3.05) is 18.1 Å². The molecule has 1 fully saturated rings. The second kappa shape index (κ2) is 7.18. The van der Waals surface area contributed by atoms with Gasteiger partial charge in [-0.3, -0.25) is 14.7 Å². The first-order valence-electron chi connectivity index (χ1n) is 9.10. The highest BCUT2D eigenvalue weighted by atomic mass is 19.4. The zero-order valence-electron chi connectivity index (χ0n) is 15.0. The van der Waals surface area contributed by atoms with Crippen molar-refractivity contribution < 1.29 is 23.1 Å². The highest BCUT2D eigenvalue weighted by molar-refractivity contribution is 5.95. The van der Waals surface area contributed by atoms with E-state index in [-0.39, 0.29) is 31.2 Å². The Morgan fingerprint density at radius 1 is 1.21 bits per heavy atom. The first-order chi connectivity index (χ1) is 13.4. The first-order valence-corrected chi connectivity index (χ1v) is 9.10. The van der Waals surface area contributed by atoms with Gasteiger partial charge in [-0.15, -0.1) is 0 Å². The van der Waals surface area contributed by atoms with Crippen LogP contribution in [0.4, 0.5) is 18.9 Å². The molecule has 0 bridgehead atoms. The van der Waals surface area contributed by atoms with Crippen molar-refractivity contribution in [3.8, 4) is 0 Å². The minimum atomic E-state index is -4.55. The second-order valence-corrected chi connectivity index (χ2v) is 7.23. The number of para-hydroxylation sites is 1. The molecule has 0 aliphatic carbocycles. The Bertz CT molecular complexity index is 859. The van der Waals surface area contributed by atoms with E-state index in [0.717, 1.165) is 11.1 Å². The fourth-order valence-corrected chi connectivity index (χ4v) is 4.41. The molecule has 1 amide bonds. The van der Waals surface area contributed by atoms with Crippen LogP contribution in [0, 0.1) is 0 Å². The minimum absolute atomic E-state index is 0.0205. The summed E-state index contributed by atoms with van der Waals surface area (Å²) >= 11 is 0. The number of aliphatic hydroxyl groups excluding tert-OH is 1. The van der Waals surface area contributed by atoms with Crippen molar-refractivity contribution in [2.24, 2.45) is 0 Å². The molecule has 0 unspecified atom stereocenters. The molecule has 0 spiro atoms. The van der Waals surface area contributed by atoms with Crippen LogP contribution in [0.2, 0.25) is 0 Å². The predicted octanol–water partition coefficient (Wildman–Crippen LogP) is 2.71. The van der Waals surface area contributed by atoms with Crippen LogP contribution in [0.5, 0.6) is 0 Å². The van der Waals surface area contributed by atoms with E-state index in [9.17, 15) is 23.1 Å². The molecule has 1 aromatic heterocycles. The number of aromatic nitrogens is 1. The molecule has 3 heterocycles. The van der Waals surface area contributed by atoms with Crippen LogP contribution in [0.25, 0.3) is 0 Å². The minimum Gasteiger partial charge on any atom is -0.395 e. The normalized spacial score (nSPS) is 24.3. The number of benzene rings is 1. The van der Waals surface area contributed by atoms with E-state index >= 15 is 0 Å². The number of amides is 1. The number of rotatable bonds is 4. The van der Waals surface area contributed by atoms with Crippen molar-refractivity contribution in [2.45, 2.75) is 37.1 Å². The van der Waals surface area contributed by atoms with E-state index in [1.54, 1.807) is 24.5 Å². The number of hydrogen-bond acceptors (Lipinski definition) is 4. The Hall–Kier alpha value is -2.45. The monoisotopic (exact) mass is 391 g/mol. The van der Waals surface area contributed by atoms with Gasteiger partial charge in [-0.25, -0.2) is 0 Å². The zero-order chi connectivity index (χ0) is 19.9. The van der Waals surface area contributed by atoms with E-state index in [2.05, 4.69) is 4.98 Å². The maximum atomic E-state index is 12.8. The maximum absolute atomic E-state index is 12.8. The van der Waals surface area contributed by atoms with Crippen molar-refractivity contribution in [1.29, 1.82) is 0 Å². The average Bonchev–Trinajstić information content (AvgIpc) is 2.65. The molecule has 148 valence electrons. The van der Waals surface area contributed by atoms with Gasteiger partial charge in [0.25, 0.3) is 0 Å². The third kappa shape index (κ3) is 3.38. The Labute approximate surface area is 160 Å². The van der Waals surface area contributed by atoms with Gasteiger partial charge < -0.3 is 10.0 Å². The van der Waals surface area contributed by atoms with Gasteiger partial charge in [0.1, 0.15) is 6.42 Å². The van der Waals surface area contributed by atoms with Gasteiger partial charge in [0.2, 0.25) is 5.91 Å². The molecule has 2 aliphatic rings. The van der Waals surface area contributed by atoms with Gasteiger partial charge in [-0.1, -0.05) is 24.3 Å². The average molecular weight is 391 g/mol. The van der Waals surface area contributed by atoms with Crippen LogP contribution in [0.15, 0.2) is 48.8 Å². The van der Waals surface area contributed by atoms with Gasteiger partial charge in [-0.2, -0.15) is 13.2 Å². The number of aliphatic hydroxyl groups is 1. The van der Waals surface area contributed by atoms with Crippen LogP contribution in [-0.4, -0.2) is 52.3 Å². The quantitative estimate of drug-likeness (QED) is 0.871. The Morgan fingerprint density at radius 3 is 2.68 bits per heavy atom. The number of anilines is 1. The van der Waals surface area contributed by atoms with E-state index in [4.69, 9.17) is 0 Å². The number of halogens is 3. The van der Waals surface area contributed by atoms with Gasteiger partial charge in [0.05, 0.1) is 6.61 Å². The SMILES string of the molecule is O=C(CC(F)(F)F)N1C[C@H]2[C@@H](c3ccccc31)[C@@H](CO)N2Cc1cccnc1. The van der Waals surface area contributed by atoms with Crippen LogP contribution in [0.3, 0.4) is 0 Å². The summed E-state index contributed by atoms with van der Waals surface area (Å²) in [5, 5.41) is 9.94. The van der Waals surface area contributed by atoms with E-state index in [1.165, 1.54) is 4.90 Å². The lowest BCUT2D eigenvalue weighted by atomic mass is 9.71. The molecule has 1 N–H and O–H groups in total. The Kier molecular flexibility index (Phi) is 4.84. The Balaban J connectivity index is 1.64. The summed E-state index contributed by atoms with van der Waals surface area (Å²) in [6, 6.07) is 10.5. The highest BCUT2D eigenvalue weighted by Crippen LogP contribution is 2.48. The number of hydrogen-bond donors (Lipinski definition) is 1. The Morgan fingerprint density at radius 2 is 2.00 bits per heavy atom. The molecule has 28 heavy (non-hydrogen) atoms. The van der Waals surface area contributed by atoms with Crippen molar-refractivity contribution in [3.63, 3.8) is 0 Å². The standard InChI is InChI=1S/C20H20F3N3O2/c21-20(22,23)8-18(28)26-11-16-19(14-5-1-2-6-15(14)26)17(12-27)25(16)10-13-4-3-7-24-9-13/h1-7,9,16-17,19,27H,8,10-12H2/t16-,17+,19+/m0/s1. The topological polar surface area (TPSA) is 56.7 Å². The van der Waals surface area contributed by atoms with Crippen molar-refractivity contribution in [3.05, 3.63) is 59.9 Å². The summed E-state index contributed by atoms with van der Waals surface area (Å²) in [4.78, 5) is 19.8. The number of pyridine rings is 1. The fraction of sp³-hybridized carbons (Fsp3) is 0.400. The molecule has 1 aromatic carbocycles. The van der Waals surface area contributed by atoms with Crippen LogP contribution in [0.1, 0.15) is 23.5 Å². The lowest BCUT2D eigenvalue weighted by molar-refractivity contribution is -0.152. The zero-order valence-corrected chi connectivity index (χ0v) is 15.0. The van der Waals surface area contributed by atoms with E-state index in [1.807, 2.05) is 29.2 Å². The van der Waals surface area contributed by atoms with Gasteiger partial charge in [0, 0.05) is 49.2 Å². The van der Waals surface area contributed by atoms with E-state index in [0.29, 0.717) is 12.2 Å². The maximum Gasteiger partial charge on any atom is 0.397 e. The van der Waals surface area contributed by atoms with Gasteiger partial charge in [-0.05, 0) is 23.3 Å². The molecule has 8 heteroatoms. The summed E-state index contributed by atoms with van der Waals surface area (Å²) in [5.74, 6) is -0.972. The lowest BCUT2D eigenvalue weighted by Crippen LogP contribution is -2.68. The van der Waals surface area contributed by atoms with Crippen LogP contribution < -0.4 is 4.90 Å². The lowest BCUT2D eigenvalue weighted by Gasteiger charge is -2.59. The molecule has 4 rings (SSSR count). The number of likely N-dealkylation sites (tertiary alicyclic amines) is 1. The molecular weight excluding hydrogens is 371 g/mol. The largest absolute Gasteiger partial charge is 0.397 e. The fourth-order valence-electron chi connectivity index (χ4n) is 4.41. The number of carbonyl (C=O) groups is 1. The second-order valence-electron chi connectivity index (χ2n) is 7.23. The number of fused-ring (bicyclic) bond motifs is 3. The molecule has 2 aromatic rings. The summed E-state index contributed by atoms with van der Waals surface area (Å²) in [6.45, 7) is 0.628.